The van der Waals surface area contributed by atoms with E-state index in [2.05, 4.69) is 17.6 Å². The number of carbonyl (C=O) groups is 2. The molecule has 0 aliphatic carbocycles. The first kappa shape index (κ1) is 21.4. The van der Waals surface area contributed by atoms with Gasteiger partial charge in [0.2, 0.25) is 0 Å². The predicted octanol–water partition coefficient (Wildman–Crippen LogP) is 2.46. The lowest BCUT2D eigenvalue weighted by molar-refractivity contribution is -0.903. The highest BCUT2D eigenvalue weighted by Crippen LogP contribution is 2.34. The molecule has 0 bridgehead atoms. The van der Waals surface area contributed by atoms with Gasteiger partial charge in [-0.3, -0.25) is 9.59 Å². The lowest BCUT2D eigenvalue weighted by atomic mass is 10.1. The monoisotopic (exact) mass is 421 g/mol. The highest BCUT2D eigenvalue weighted by Gasteiger charge is 2.35. The van der Waals surface area contributed by atoms with Crippen molar-refractivity contribution < 1.29 is 14.5 Å². The fraction of sp³-hybridized carbons (Fsp3) is 0.440. The molecule has 2 amide bonds. The van der Waals surface area contributed by atoms with Crippen molar-refractivity contribution in [1.29, 1.82) is 0 Å². The van der Waals surface area contributed by atoms with Crippen molar-refractivity contribution in [2.45, 2.75) is 38.8 Å². The molecule has 2 aromatic carbocycles. The third-order valence-corrected chi connectivity index (χ3v) is 6.30. The van der Waals surface area contributed by atoms with Gasteiger partial charge >= 0.3 is 0 Å². The van der Waals surface area contributed by atoms with E-state index in [0.29, 0.717) is 18.7 Å². The lowest BCUT2D eigenvalue weighted by Crippen LogP contribution is -3.13. The molecular weight excluding hydrogens is 388 g/mol. The first-order chi connectivity index (χ1) is 15.2. The van der Waals surface area contributed by atoms with Gasteiger partial charge in [-0.15, -0.1) is 0 Å². The number of quaternary nitrogens is 1. The van der Waals surface area contributed by atoms with Crippen LogP contribution in [0.4, 0.5) is 5.69 Å². The Kier molecular flexibility index (Phi) is 6.87. The summed E-state index contributed by atoms with van der Waals surface area (Å²) in [5.74, 6) is 0.0405. The Hall–Kier alpha value is -2.86. The Bertz CT molecular complexity index is 906. The number of anilines is 1. The van der Waals surface area contributed by atoms with E-state index in [1.807, 2.05) is 53.4 Å². The summed E-state index contributed by atoms with van der Waals surface area (Å²) in [4.78, 5) is 28.7. The topological polar surface area (TPSA) is 65.9 Å². The zero-order valence-corrected chi connectivity index (χ0v) is 18.3. The molecule has 1 fully saturated rings. The molecule has 31 heavy (non-hydrogen) atoms. The van der Waals surface area contributed by atoms with Gasteiger partial charge in [0.15, 0.2) is 0 Å². The molecule has 2 aliphatic rings. The SMILES string of the molecule is CCCN1C(=O)c2ccccc2[C@H]1Nc1ccc(C(=O)NCC[NH+]2CCCCC2)cc1. The molecule has 164 valence electrons. The van der Waals surface area contributed by atoms with Crippen LogP contribution < -0.4 is 15.5 Å². The normalized spacial score (nSPS) is 18.7. The van der Waals surface area contributed by atoms with Gasteiger partial charge in [-0.25, -0.2) is 0 Å². The van der Waals surface area contributed by atoms with E-state index in [1.165, 1.54) is 32.4 Å². The van der Waals surface area contributed by atoms with Crippen LogP contribution in [0.3, 0.4) is 0 Å². The van der Waals surface area contributed by atoms with Crippen molar-refractivity contribution in [3.63, 3.8) is 0 Å². The number of nitrogens with one attached hydrogen (secondary N) is 3. The second-order valence-electron chi connectivity index (χ2n) is 8.53. The standard InChI is InChI=1S/C25H32N4O2/c1-2-15-29-23(21-8-4-5-9-22(21)25(29)31)27-20-12-10-19(11-13-20)24(30)26-14-18-28-16-6-3-7-17-28/h4-5,8-13,23,27H,2-3,6-7,14-18H2,1H3,(H,26,30)/p+1/t23-/m0/s1. The van der Waals surface area contributed by atoms with Crippen LogP contribution in [-0.2, 0) is 0 Å². The van der Waals surface area contributed by atoms with Crippen molar-refractivity contribution in [2.24, 2.45) is 0 Å². The highest BCUT2D eigenvalue weighted by molar-refractivity contribution is 5.99. The number of hydrogen-bond acceptors (Lipinski definition) is 3. The number of rotatable bonds is 8. The zero-order chi connectivity index (χ0) is 21.6. The number of fused-ring (bicyclic) bond motifs is 1. The fourth-order valence-electron chi connectivity index (χ4n) is 4.63. The van der Waals surface area contributed by atoms with E-state index in [0.717, 1.165) is 29.8 Å². The Morgan fingerprint density at radius 3 is 2.55 bits per heavy atom. The third kappa shape index (κ3) is 4.90. The van der Waals surface area contributed by atoms with Gasteiger partial charge in [0.1, 0.15) is 6.17 Å². The van der Waals surface area contributed by atoms with Crippen LogP contribution in [0.1, 0.15) is 65.1 Å². The van der Waals surface area contributed by atoms with Crippen LogP contribution in [0.5, 0.6) is 0 Å². The molecule has 4 rings (SSSR count). The van der Waals surface area contributed by atoms with Gasteiger partial charge in [-0.05, 0) is 56.0 Å². The summed E-state index contributed by atoms with van der Waals surface area (Å²) in [6.07, 6.45) is 4.65. The fourth-order valence-corrected chi connectivity index (χ4v) is 4.63. The third-order valence-electron chi connectivity index (χ3n) is 6.30. The van der Waals surface area contributed by atoms with Crippen LogP contribution in [0.2, 0.25) is 0 Å². The summed E-state index contributed by atoms with van der Waals surface area (Å²) in [6, 6.07) is 15.3. The Morgan fingerprint density at radius 2 is 1.81 bits per heavy atom. The van der Waals surface area contributed by atoms with Crippen molar-refractivity contribution in [3.05, 3.63) is 65.2 Å². The quantitative estimate of drug-likeness (QED) is 0.614. The van der Waals surface area contributed by atoms with Crippen LogP contribution in [0, 0.1) is 0 Å². The van der Waals surface area contributed by atoms with Gasteiger partial charge in [0, 0.05) is 28.9 Å². The molecule has 0 radical (unpaired) electrons. The van der Waals surface area contributed by atoms with E-state index < -0.39 is 0 Å². The van der Waals surface area contributed by atoms with E-state index in [1.54, 1.807) is 4.90 Å². The summed E-state index contributed by atoms with van der Waals surface area (Å²) in [6.45, 7) is 6.92. The van der Waals surface area contributed by atoms with Crippen LogP contribution in [0.25, 0.3) is 0 Å². The van der Waals surface area contributed by atoms with Crippen molar-refractivity contribution in [2.75, 3.05) is 38.0 Å². The molecular formula is C25H33N4O2+. The average molecular weight is 422 g/mol. The maximum atomic E-state index is 12.8. The molecule has 0 aromatic heterocycles. The Labute approximate surface area is 184 Å². The van der Waals surface area contributed by atoms with Gasteiger partial charge in [-0.2, -0.15) is 0 Å². The second kappa shape index (κ2) is 9.96. The first-order valence-corrected chi connectivity index (χ1v) is 11.6. The van der Waals surface area contributed by atoms with Crippen LogP contribution in [0.15, 0.2) is 48.5 Å². The van der Waals surface area contributed by atoms with E-state index in [-0.39, 0.29) is 18.0 Å². The van der Waals surface area contributed by atoms with Crippen molar-refractivity contribution in [1.82, 2.24) is 10.2 Å². The molecule has 6 heteroatoms. The summed E-state index contributed by atoms with van der Waals surface area (Å²) in [7, 11) is 0. The molecule has 0 saturated carbocycles. The van der Waals surface area contributed by atoms with Gasteiger partial charge in [0.25, 0.3) is 11.8 Å². The minimum Gasteiger partial charge on any atom is -0.361 e. The highest BCUT2D eigenvalue weighted by atomic mass is 16.2. The van der Waals surface area contributed by atoms with E-state index >= 15 is 0 Å². The molecule has 2 aromatic rings. The minimum atomic E-state index is -0.184. The Morgan fingerprint density at radius 1 is 1.06 bits per heavy atom. The molecule has 3 N–H and O–H groups in total. The minimum absolute atomic E-state index is 0.0306. The molecule has 0 unspecified atom stereocenters. The molecule has 1 atom stereocenters. The number of carbonyl (C=O) groups excluding carboxylic acids is 2. The summed E-state index contributed by atoms with van der Waals surface area (Å²) in [5.41, 5.74) is 3.32. The molecule has 1 saturated heterocycles. The first-order valence-electron chi connectivity index (χ1n) is 11.6. The summed E-state index contributed by atoms with van der Waals surface area (Å²) < 4.78 is 0. The summed E-state index contributed by atoms with van der Waals surface area (Å²) >= 11 is 0. The molecule has 2 aliphatic heterocycles. The number of benzene rings is 2. The smallest absolute Gasteiger partial charge is 0.256 e. The molecule has 6 nitrogen and oxygen atoms in total. The Balaban J connectivity index is 1.36. The summed E-state index contributed by atoms with van der Waals surface area (Å²) in [5, 5.41) is 6.53. The number of hydrogen-bond donors (Lipinski definition) is 3. The van der Waals surface area contributed by atoms with Crippen LogP contribution in [-0.4, -0.2) is 49.4 Å². The number of amides is 2. The van der Waals surface area contributed by atoms with E-state index in [4.69, 9.17) is 0 Å². The maximum Gasteiger partial charge on any atom is 0.256 e. The predicted molar refractivity (Wildman–Crippen MR) is 122 cm³/mol. The number of nitrogens with zero attached hydrogens (tertiary/aromatic N) is 1. The van der Waals surface area contributed by atoms with Gasteiger partial charge in [0.05, 0.1) is 26.2 Å². The van der Waals surface area contributed by atoms with Gasteiger partial charge in [-0.1, -0.05) is 25.1 Å². The van der Waals surface area contributed by atoms with Crippen molar-refractivity contribution >= 4 is 17.5 Å². The van der Waals surface area contributed by atoms with Gasteiger partial charge < -0.3 is 20.4 Å². The number of likely N-dealkylation sites (tertiary alicyclic amines) is 1. The maximum absolute atomic E-state index is 12.8. The lowest BCUT2D eigenvalue weighted by Gasteiger charge is -2.26. The largest absolute Gasteiger partial charge is 0.361 e. The molecule has 0 spiro atoms. The second-order valence-corrected chi connectivity index (χ2v) is 8.53. The number of piperidine rings is 1. The van der Waals surface area contributed by atoms with Crippen molar-refractivity contribution in [3.8, 4) is 0 Å². The molecule has 2 heterocycles. The van der Waals surface area contributed by atoms with E-state index in [9.17, 15) is 9.59 Å². The van der Waals surface area contributed by atoms with Crippen LogP contribution >= 0.6 is 0 Å². The average Bonchev–Trinajstić information content (AvgIpc) is 3.07. The zero-order valence-electron chi connectivity index (χ0n) is 18.3.